The van der Waals surface area contributed by atoms with E-state index in [1.165, 1.54) is 19.3 Å². The third kappa shape index (κ3) is 7.62. The van der Waals surface area contributed by atoms with E-state index < -0.39 is 5.97 Å². The van der Waals surface area contributed by atoms with Crippen molar-refractivity contribution in [3.8, 4) is 5.75 Å². The maximum atomic E-state index is 12.3. The van der Waals surface area contributed by atoms with Crippen LogP contribution in [0.4, 0.5) is 0 Å². The first kappa shape index (κ1) is 24.8. The number of halogens is 2. The first-order valence-corrected chi connectivity index (χ1v) is 12.6. The number of ether oxygens (including phenoxy) is 2. The Labute approximate surface area is 206 Å². The Morgan fingerprint density at radius 3 is 2.19 bits per heavy atom. The van der Waals surface area contributed by atoms with Crippen molar-refractivity contribution in [1.82, 2.24) is 5.32 Å². The van der Waals surface area contributed by atoms with Crippen LogP contribution in [0, 0.1) is 6.92 Å². The van der Waals surface area contributed by atoms with Gasteiger partial charge in [0.15, 0.2) is 6.61 Å². The summed E-state index contributed by atoms with van der Waals surface area (Å²) in [5, 5.41) is 3.01. The number of carbonyl (C=O) groups excluding carboxylic acids is 2. The van der Waals surface area contributed by atoms with Crippen molar-refractivity contribution < 1.29 is 19.1 Å². The van der Waals surface area contributed by atoms with E-state index in [2.05, 4.69) is 37.2 Å². The summed E-state index contributed by atoms with van der Waals surface area (Å²) in [4.78, 5) is 24.5. The van der Waals surface area contributed by atoms with Crippen LogP contribution < -0.4 is 10.1 Å². The molecule has 32 heavy (non-hydrogen) atoms. The van der Waals surface area contributed by atoms with Gasteiger partial charge in [-0.1, -0.05) is 44.2 Å². The third-order valence-corrected chi connectivity index (χ3v) is 6.70. The van der Waals surface area contributed by atoms with E-state index in [1.54, 1.807) is 12.1 Å². The molecule has 5 nitrogen and oxygen atoms in total. The molecule has 0 spiro atoms. The standard InChI is InChI=1S/C25H29Br2NO4/c1-17-13-21(26)24(22(27)14-17)31-15-18-9-11-19(12-10-18)25(30)32-16-23(29)28-20-7-5-3-2-4-6-8-20/h9-14,20H,2-8,15-16H2,1H3,(H,28,29). The van der Waals surface area contributed by atoms with Crippen LogP contribution in [-0.2, 0) is 16.1 Å². The molecule has 0 atom stereocenters. The van der Waals surface area contributed by atoms with Crippen molar-refractivity contribution in [3.05, 3.63) is 62.0 Å². The summed E-state index contributed by atoms with van der Waals surface area (Å²) in [6, 6.07) is 11.2. The number of nitrogens with one attached hydrogen (secondary N) is 1. The van der Waals surface area contributed by atoms with Crippen molar-refractivity contribution >= 4 is 43.7 Å². The Balaban J connectivity index is 1.46. The predicted molar refractivity (Wildman–Crippen MR) is 132 cm³/mol. The van der Waals surface area contributed by atoms with E-state index in [1.807, 2.05) is 31.2 Å². The topological polar surface area (TPSA) is 64.6 Å². The zero-order valence-corrected chi connectivity index (χ0v) is 21.5. The summed E-state index contributed by atoms with van der Waals surface area (Å²) < 4.78 is 12.9. The summed E-state index contributed by atoms with van der Waals surface area (Å²) in [6.07, 6.45) is 8.00. The predicted octanol–water partition coefficient (Wildman–Crippen LogP) is 6.48. The highest BCUT2D eigenvalue weighted by Gasteiger charge is 2.16. The molecule has 1 N–H and O–H groups in total. The van der Waals surface area contributed by atoms with Crippen LogP contribution in [0.3, 0.4) is 0 Å². The summed E-state index contributed by atoms with van der Waals surface area (Å²) >= 11 is 7.04. The highest BCUT2D eigenvalue weighted by Crippen LogP contribution is 2.35. The first-order valence-electron chi connectivity index (χ1n) is 11.1. The largest absolute Gasteiger partial charge is 0.487 e. The molecule has 0 saturated heterocycles. The highest BCUT2D eigenvalue weighted by atomic mass is 79.9. The molecule has 1 aliphatic rings. The molecule has 1 fully saturated rings. The second-order valence-electron chi connectivity index (χ2n) is 8.23. The summed E-state index contributed by atoms with van der Waals surface area (Å²) in [6.45, 7) is 2.12. The lowest BCUT2D eigenvalue weighted by Crippen LogP contribution is -2.38. The van der Waals surface area contributed by atoms with Gasteiger partial charge in [-0.05, 0) is 87.0 Å². The lowest BCUT2D eigenvalue weighted by molar-refractivity contribution is -0.125. The van der Waals surface area contributed by atoms with Crippen LogP contribution in [-0.4, -0.2) is 24.5 Å². The van der Waals surface area contributed by atoms with E-state index in [0.29, 0.717) is 12.2 Å². The monoisotopic (exact) mass is 565 g/mol. The number of aryl methyl sites for hydroxylation is 1. The molecular formula is C25H29Br2NO4. The maximum absolute atomic E-state index is 12.3. The van der Waals surface area contributed by atoms with E-state index in [4.69, 9.17) is 9.47 Å². The van der Waals surface area contributed by atoms with Gasteiger partial charge in [0.05, 0.1) is 14.5 Å². The minimum Gasteiger partial charge on any atom is -0.487 e. The molecule has 0 unspecified atom stereocenters. The molecule has 1 aliphatic carbocycles. The number of esters is 1. The second kappa shape index (κ2) is 12.4. The molecule has 2 aromatic rings. The summed E-state index contributed by atoms with van der Waals surface area (Å²) in [5.41, 5.74) is 2.45. The first-order chi connectivity index (χ1) is 15.4. The van der Waals surface area contributed by atoms with Gasteiger partial charge in [0.2, 0.25) is 0 Å². The van der Waals surface area contributed by atoms with Crippen molar-refractivity contribution in [1.29, 1.82) is 0 Å². The van der Waals surface area contributed by atoms with E-state index >= 15 is 0 Å². The molecule has 0 bridgehead atoms. The van der Waals surface area contributed by atoms with Gasteiger partial charge in [-0.15, -0.1) is 0 Å². The number of rotatable bonds is 7. The summed E-state index contributed by atoms with van der Waals surface area (Å²) in [7, 11) is 0. The Bertz CT molecular complexity index is 899. The smallest absolute Gasteiger partial charge is 0.338 e. The van der Waals surface area contributed by atoms with Gasteiger partial charge in [0.1, 0.15) is 12.4 Å². The Morgan fingerprint density at radius 1 is 0.969 bits per heavy atom. The van der Waals surface area contributed by atoms with Gasteiger partial charge < -0.3 is 14.8 Å². The van der Waals surface area contributed by atoms with E-state index in [9.17, 15) is 9.59 Å². The minimum absolute atomic E-state index is 0.189. The van der Waals surface area contributed by atoms with Gasteiger partial charge in [-0.2, -0.15) is 0 Å². The number of carbonyl (C=O) groups is 2. The lowest BCUT2D eigenvalue weighted by Gasteiger charge is -2.20. The van der Waals surface area contributed by atoms with Gasteiger partial charge in [-0.25, -0.2) is 4.79 Å². The van der Waals surface area contributed by atoms with Crippen LogP contribution in [0.1, 0.15) is 66.4 Å². The van der Waals surface area contributed by atoms with Crippen molar-refractivity contribution in [2.24, 2.45) is 0 Å². The molecule has 3 rings (SSSR count). The summed E-state index contributed by atoms with van der Waals surface area (Å²) in [5.74, 6) is -0.00751. The molecule has 1 saturated carbocycles. The zero-order valence-electron chi connectivity index (χ0n) is 18.3. The van der Waals surface area contributed by atoms with Gasteiger partial charge in [-0.3, -0.25) is 4.79 Å². The van der Waals surface area contributed by atoms with Crippen LogP contribution >= 0.6 is 31.9 Å². The normalized spacial score (nSPS) is 14.8. The van der Waals surface area contributed by atoms with Gasteiger partial charge in [0.25, 0.3) is 5.91 Å². The molecule has 0 aromatic heterocycles. The quantitative estimate of drug-likeness (QED) is 0.389. The van der Waals surface area contributed by atoms with Crippen molar-refractivity contribution in [2.45, 2.75) is 64.5 Å². The molecule has 0 aliphatic heterocycles. The van der Waals surface area contributed by atoms with Crippen LogP contribution in [0.15, 0.2) is 45.3 Å². The Kier molecular flexibility index (Phi) is 9.60. The minimum atomic E-state index is -0.505. The van der Waals surface area contributed by atoms with E-state index in [0.717, 1.165) is 51.5 Å². The fourth-order valence-corrected chi connectivity index (χ4v) is 5.45. The zero-order chi connectivity index (χ0) is 22.9. The lowest BCUT2D eigenvalue weighted by atomic mass is 9.97. The maximum Gasteiger partial charge on any atom is 0.338 e. The average Bonchev–Trinajstić information content (AvgIpc) is 2.73. The van der Waals surface area contributed by atoms with Crippen molar-refractivity contribution in [2.75, 3.05) is 6.61 Å². The van der Waals surface area contributed by atoms with Crippen molar-refractivity contribution in [3.63, 3.8) is 0 Å². The van der Waals surface area contributed by atoms with E-state index in [-0.39, 0.29) is 18.6 Å². The molecule has 0 radical (unpaired) electrons. The highest BCUT2D eigenvalue weighted by molar-refractivity contribution is 9.11. The Hall–Kier alpha value is -1.86. The second-order valence-corrected chi connectivity index (χ2v) is 9.94. The van der Waals surface area contributed by atoms with Crippen LogP contribution in [0.5, 0.6) is 5.75 Å². The molecule has 1 amide bonds. The van der Waals surface area contributed by atoms with Gasteiger partial charge >= 0.3 is 5.97 Å². The fourth-order valence-electron chi connectivity index (χ4n) is 3.80. The Morgan fingerprint density at radius 2 is 1.56 bits per heavy atom. The molecule has 7 heteroatoms. The molecule has 2 aromatic carbocycles. The SMILES string of the molecule is Cc1cc(Br)c(OCc2ccc(C(=O)OCC(=O)NC3CCCCCCC3)cc2)c(Br)c1. The number of hydrogen-bond acceptors (Lipinski definition) is 4. The molecule has 0 heterocycles. The van der Waals surface area contributed by atoms with Crippen LogP contribution in [0.2, 0.25) is 0 Å². The third-order valence-electron chi connectivity index (χ3n) is 5.52. The number of benzene rings is 2. The molecule has 172 valence electrons. The number of hydrogen-bond donors (Lipinski definition) is 1. The number of amides is 1. The van der Waals surface area contributed by atoms with Gasteiger partial charge in [0, 0.05) is 6.04 Å². The molecular weight excluding hydrogens is 538 g/mol. The fraction of sp³-hybridized carbons (Fsp3) is 0.440. The van der Waals surface area contributed by atoms with Crippen LogP contribution in [0.25, 0.3) is 0 Å². The average molecular weight is 567 g/mol.